The van der Waals surface area contributed by atoms with Gasteiger partial charge < -0.3 is 20.3 Å². The number of pyridine rings is 1. The minimum Gasteiger partial charge on any atom is -0.382 e. The zero-order valence-corrected chi connectivity index (χ0v) is 19.1. The Kier molecular flexibility index (Phi) is 4.98. The molecule has 1 saturated carbocycles. The van der Waals surface area contributed by atoms with E-state index in [1.165, 1.54) is 12.8 Å². The number of hydrogen-bond donors (Lipinski definition) is 1. The molecule has 0 spiro atoms. The van der Waals surface area contributed by atoms with E-state index in [0.29, 0.717) is 31.0 Å². The van der Waals surface area contributed by atoms with Crippen LogP contribution in [0.3, 0.4) is 0 Å². The minimum absolute atomic E-state index is 0.172. The number of likely N-dealkylation sites (tertiary alicyclic amines) is 1. The zero-order valence-electron chi connectivity index (χ0n) is 19.1. The highest BCUT2D eigenvalue weighted by Crippen LogP contribution is 2.40. The molecule has 6 rings (SSSR count). The van der Waals surface area contributed by atoms with E-state index >= 15 is 0 Å². The topological polar surface area (TPSA) is 71.7 Å². The van der Waals surface area contributed by atoms with Crippen LogP contribution in [0.5, 0.6) is 0 Å². The third-order valence-corrected chi connectivity index (χ3v) is 7.64. The molecule has 6 nitrogen and oxygen atoms in total. The molecule has 2 atom stereocenters. The van der Waals surface area contributed by atoms with Gasteiger partial charge in [0.1, 0.15) is 5.82 Å². The average Bonchev–Trinajstić information content (AvgIpc) is 3.47. The summed E-state index contributed by atoms with van der Waals surface area (Å²) >= 11 is 0. The Hall–Kier alpha value is -3.12. The first kappa shape index (κ1) is 20.5. The van der Waals surface area contributed by atoms with Crippen LogP contribution in [0.2, 0.25) is 0 Å². The molecule has 2 bridgehead atoms. The van der Waals surface area contributed by atoms with Crippen LogP contribution < -0.4 is 10.6 Å². The van der Waals surface area contributed by atoms with Crippen molar-refractivity contribution in [2.24, 2.45) is 5.92 Å². The van der Waals surface area contributed by atoms with Crippen LogP contribution in [0.4, 0.5) is 11.5 Å². The molecule has 3 aromatic rings. The van der Waals surface area contributed by atoms with Gasteiger partial charge in [-0.2, -0.15) is 0 Å². The lowest BCUT2D eigenvalue weighted by molar-refractivity contribution is 0.0704. The number of hydrogen-bond acceptors (Lipinski definition) is 5. The summed E-state index contributed by atoms with van der Waals surface area (Å²) in [5.41, 5.74) is 12.1. The van der Waals surface area contributed by atoms with Crippen molar-refractivity contribution in [1.29, 1.82) is 0 Å². The van der Waals surface area contributed by atoms with E-state index in [1.54, 1.807) is 0 Å². The number of aryl methyl sites for hydroxylation is 1. The van der Waals surface area contributed by atoms with Gasteiger partial charge in [-0.15, -0.1) is 0 Å². The van der Waals surface area contributed by atoms with Gasteiger partial charge in [-0.3, -0.25) is 4.79 Å². The van der Waals surface area contributed by atoms with Crippen molar-refractivity contribution in [3.05, 3.63) is 53.6 Å². The van der Waals surface area contributed by atoms with Gasteiger partial charge in [0.25, 0.3) is 5.91 Å². The molecule has 2 aromatic carbocycles. The molecule has 3 heterocycles. The number of rotatable bonds is 3. The van der Waals surface area contributed by atoms with Gasteiger partial charge in [0, 0.05) is 36.6 Å². The van der Waals surface area contributed by atoms with Crippen LogP contribution in [0.25, 0.3) is 22.0 Å². The predicted molar refractivity (Wildman–Crippen MR) is 132 cm³/mol. The molecule has 2 N–H and O–H groups in total. The first-order chi connectivity index (χ1) is 16.1. The Morgan fingerprint density at radius 3 is 2.73 bits per heavy atom. The molecule has 6 heteroatoms. The maximum Gasteiger partial charge on any atom is 0.254 e. The molecule has 1 amide bonds. The van der Waals surface area contributed by atoms with Crippen molar-refractivity contribution in [2.75, 3.05) is 43.5 Å². The van der Waals surface area contributed by atoms with Gasteiger partial charge in [-0.1, -0.05) is 18.2 Å². The molecule has 0 unspecified atom stereocenters. The number of carbonyl (C=O) groups excluding carboxylic acids is 1. The summed E-state index contributed by atoms with van der Waals surface area (Å²) in [6, 6.07) is 14.9. The highest BCUT2D eigenvalue weighted by Gasteiger charge is 2.41. The van der Waals surface area contributed by atoms with Crippen molar-refractivity contribution in [3.63, 3.8) is 0 Å². The van der Waals surface area contributed by atoms with E-state index in [-0.39, 0.29) is 5.91 Å². The van der Waals surface area contributed by atoms with E-state index in [4.69, 9.17) is 10.5 Å². The van der Waals surface area contributed by atoms with Crippen LogP contribution in [-0.2, 0) is 4.74 Å². The van der Waals surface area contributed by atoms with E-state index in [9.17, 15) is 4.79 Å². The summed E-state index contributed by atoms with van der Waals surface area (Å²) in [4.78, 5) is 22.7. The van der Waals surface area contributed by atoms with Gasteiger partial charge in [-0.05, 0) is 73.1 Å². The normalized spacial score (nSPS) is 22.3. The maximum absolute atomic E-state index is 13.6. The molecule has 3 aliphatic rings. The number of morpholine rings is 1. The highest BCUT2D eigenvalue weighted by molar-refractivity contribution is 6.03. The lowest BCUT2D eigenvalue weighted by atomic mass is 9.93. The van der Waals surface area contributed by atoms with Crippen molar-refractivity contribution >= 4 is 28.3 Å². The number of nitrogens with zero attached hydrogens (tertiary/aromatic N) is 3. The first-order valence-corrected chi connectivity index (χ1v) is 12.0. The van der Waals surface area contributed by atoms with Gasteiger partial charge >= 0.3 is 0 Å². The summed E-state index contributed by atoms with van der Waals surface area (Å²) in [6.45, 7) is 6.01. The summed E-state index contributed by atoms with van der Waals surface area (Å²) in [7, 11) is 0. The minimum atomic E-state index is 0.172. The number of amides is 1. The van der Waals surface area contributed by atoms with Crippen molar-refractivity contribution in [3.8, 4) is 11.1 Å². The van der Waals surface area contributed by atoms with Crippen molar-refractivity contribution in [2.45, 2.75) is 32.2 Å². The standard InChI is InChI=1S/C27H30N4O2/c1-17-3-2-4-22(27(32)31-16-18-5-7-21(31)13-18)25(17)19-6-8-23-20(14-19)15-24(26(28)29-23)30-9-11-33-12-10-30/h2-4,6,8,14-15,18,21H,5,7,9-13,16H2,1H3,(H2,28,29)/t18-,21+/m0/s1. The number of nitrogen functional groups attached to an aromatic ring is 1. The number of nitrogens with two attached hydrogens (primary N) is 1. The number of benzene rings is 2. The van der Waals surface area contributed by atoms with Crippen molar-refractivity contribution < 1.29 is 9.53 Å². The van der Waals surface area contributed by atoms with Crippen LogP contribution in [0.15, 0.2) is 42.5 Å². The number of fused-ring (bicyclic) bond motifs is 3. The smallest absolute Gasteiger partial charge is 0.254 e. The van der Waals surface area contributed by atoms with Crippen LogP contribution >= 0.6 is 0 Å². The van der Waals surface area contributed by atoms with Crippen LogP contribution in [-0.4, -0.2) is 54.7 Å². The van der Waals surface area contributed by atoms with Crippen LogP contribution in [0.1, 0.15) is 35.2 Å². The molecule has 1 aliphatic carbocycles. The second kappa shape index (κ2) is 8.03. The maximum atomic E-state index is 13.6. The lowest BCUT2D eigenvalue weighted by Crippen LogP contribution is -2.37. The van der Waals surface area contributed by atoms with Gasteiger partial charge in [0.15, 0.2) is 0 Å². The average molecular weight is 443 g/mol. The summed E-state index contributed by atoms with van der Waals surface area (Å²) in [5, 5.41) is 1.03. The Morgan fingerprint density at radius 2 is 1.97 bits per heavy atom. The molecular weight excluding hydrogens is 412 g/mol. The molecule has 1 aromatic heterocycles. The molecule has 2 aliphatic heterocycles. The monoisotopic (exact) mass is 442 g/mol. The molecule has 33 heavy (non-hydrogen) atoms. The largest absolute Gasteiger partial charge is 0.382 e. The molecular formula is C27H30N4O2. The Morgan fingerprint density at radius 1 is 1.12 bits per heavy atom. The van der Waals surface area contributed by atoms with E-state index < -0.39 is 0 Å². The van der Waals surface area contributed by atoms with Gasteiger partial charge in [0.05, 0.1) is 24.4 Å². The Balaban J connectivity index is 1.41. The summed E-state index contributed by atoms with van der Waals surface area (Å²) < 4.78 is 5.50. The Labute approximate surface area is 194 Å². The van der Waals surface area contributed by atoms with Gasteiger partial charge in [0.2, 0.25) is 0 Å². The molecule has 2 saturated heterocycles. The summed E-state index contributed by atoms with van der Waals surface area (Å²) in [5.74, 6) is 1.40. The van der Waals surface area contributed by atoms with Crippen LogP contribution in [0, 0.1) is 12.8 Å². The number of ether oxygens (including phenoxy) is 1. The third-order valence-electron chi connectivity index (χ3n) is 7.64. The molecule has 3 fully saturated rings. The molecule has 170 valence electrons. The van der Waals surface area contributed by atoms with E-state index in [2.05, 4.69) is 46.0 Å². The second-order valence-electron chi connectivity index (χ2n) is 9.69. The third kappa shape index (κ3) is 3.53. The number of anilines is 2. The fourth-order valence-electron chi connectivity index (χ4n) is 5.95. The fraction of sp³-hybridized carbons (Fsp3) is 0.407. The first-order valence-electron chi connectivity index (χ1n) is 12.0. The second-order valence-corrected chi connectivity index (χ2v) is 9.69. The SMILES string of the molecule is Cc1cccc(C(=O)N2C[C@H]3CC[C@@H]2C3)c1-c1ccc2nc(N)c(N3CCOCC3)cc2c1. The van der Waals surface area contributed by atoms with E-state index in [1.807, 2.05) is 18.2 Å². The predicted octanol–water partition coefficient (Wildman–Crippen LogP) is 4.25. The number of aromatic nitrogens is 1. The number of piperidine rings is 1. The Bertz CT molecular complexity index is 1230. The van der Waals surface area contributed by atoms with Gasteiger partial charge in [-0.25, -0.2) is 4.98 Å². The summed E-state index contributed by atoms with van der Waals surface area (Å²) in [6.07, 6.45) is 3.58. The fourth-order valence-corrected chi connectivity index (χ4v) is 5.95. The molecule has 0 radical (unpaired) electrons. The lowest BCUT2D eigenvalue weighted by Gasteiger charge is -2.29. The highest BCUT2D eigenvalue weighted by atomic mass is 16.5. The quantitative estimate of drug-likeness (QED) is 0.656. The number of carbonyl (C=O) groups is 1. The van der Waals surface area contributed by atoms with E-state index in [0.717, 1.165) is 64.9 Å². The van der Waals surface area contributed by atoms with Crippen molar-refractivity contribution in [1.82, 2.24) is 9.88 Å². The zero-order chi connectivity index (χ0) is 22.5.